The number of hydrogen-bond acceptors (Lipinski definition) is 5. The quantitative estimate of drug-likeness (QED) is 0.387. The highest BCUT2D eigenvalue weighted by Gasteiger charge is 2.40. The predicted molar refractivity (Wildman–Crippen MR) is 93.1 cm³/mol. The third-order valence-electron chi connectivity index (χ3n) is 4.81. The van der Waals surface area contributed by atoms with Gasteiger partial charge in [-0.15, -0.1) is 0 Å². The molecule has 8 heteroatoms. The number of nitrogens with one attached hydrogen (secondary N) is 1. The maximum absolute atomic E-state index is 12.8. The number of rotatable bonds is 3. The molecule has 0 bridgehead atoms. The van der Waals surface area contributed by atoms with Gasteiger partial charge in [-0.1, -0.05) is 31.4 Å². The van der Waals surface area contributed by atoms with Gasteiger partial charge in [-0.05, 0) is 31.4 Å². The maximum atomic E-state index is 12.8. The van der Waals surface area contributed by atoms with Crippen molar-refractivity contribution in [1.29, 1.82) is 0 Å². The molecule has 1 aromatic carbocycles. The van der Waals surface area contributed by atoms with E-state index in [1.165, 1.54) is 12.1 Å². The van der Waals surface area contributed by atoms with Crippen molar-refractivity contribution in [3.63, 3.8) is 0 Å². The van der Waals surface area contributed by atoms with Gasteiger partial charge >= 0.3 is 6.03 Å². The summed E-state index contributed by atoms with van der Waals surface area (Å²) in [6, 6.07) is 3.54. The van der Waals surface area contributed by atoms with Crippen LogP contribution in [0.5, 0.6) is 0 Å². The van der Waals surface area contributed by atoms with Gasteiger partial charge in [-0.3, -0.25) is 29.9 Å². The average molecular weight is 357 g/mol. The minimum absolute atomic E-state index is 0.0942. The van der Waals surface area contributed by atoms with E-state index in [9.17, 15) is 24.5 Å². The Morgan fingerprint density at radius 2 is 1.88 bits per heavy atom. The molecule has 0 aromatic heterocycles. The van der Waals surface area contributed by atoms with Gasteiger partial charge in [0, 0.05) is 17.7 Å². The second-order valence-electron chi connectivity index (χ2n) is 6.59. The molecule has 1 aromatic rings. The minimum Gasteiger partial charge on any atom is -0.273 e. The highest BCUT2D eigenvalue weighted by atomic mass is 16.6. The fourth-order valence-electron chi connectivity index (χ4n) is 3.42. The molecule has 8 nitrogen and oxygen atoms in total. The molecule has 0 unspecified atom stereocenters. The smallest absolute Gasteiger partial charge is 0.273 e. The average Bonchev–Trinajstić information content (AvgIpc) is 2.60. The van der Waals surface area contributed by atoms with Crippen LogP contribution in [0.3, 0.4) is 0 Å². The first-order valence-corrected chi connectivity index (χ1v) is 8.54. The van der Waals surface area contributed by atoms with Gasteiger partial charge in [-0.2, -0.15) is 0 Å². The molecule has 1 saturated heterocycles. The normalized spacial score (nSPS) is 20.4. The van der Waals surface area contributed by atoms with E-state index >= 15 is 0 Å². The second-order valence-corrected chi connectivity index (χ2v) is 6.59. The van der Waals surface area contributed by atoms with Gasteiger partial charge in [-0.25, -0.2) is 4.79 Å². The zero-order chi connectivity index (χ0) is 18.8. The van der Waals surface area contributed by atoms with E-state index in [0.29, 0.717) is 11.1 Å². The van der Waals surface area contributed by atoms with E-state index in [0.717, 1.165) is 37.0 Å². The summed E-state index contributed by atoms with van der Waals surface area (Å²) in [6.07, 6.45) is 5.66. The van der Waals surface area contributed by atoms with Crippen molar-refractivity contribution in [2.75, 3.05) is 0 Å². The highest BCUT2D eigenvalue weighted by molar-refractivity contribution is 6.31. The fourth-order valence-corrected chi connectivity index (χ4v) is 3.42. The number of aryl methyl sites for hydroxylation is 1. The Morgan fingerprint density at radius 3 is 2.54 bits per heavy atom. The first kappa shape index (κ1) is 17.8. The van der Waals surface area contributed by atoms with Crippen molar-refractivity contribution in [2.24, 2.45) is 0 Å². The maximum Gasteiger partial charge on any atom is 0.331 e. The van der Waals surface area contributed by atoms with Crippen molar-refractivity contribution in [3.8, 4) is 0 Å². The number of nitrogens with zero attached hydrogens (tertiary/aromatic N) is 2. The van der Waals surface area contributed by atoms with E-state index in [4.69, 9.17) is 0 Å². The number of carbonyl (C=O) groups is 3. The molecule has 1 N–H and O–H groups in total. The van der Waals surface area contributed by atoms with Crippen LogP contribution in [0.25, 0.3) is 6.08 Å². The van der Waals surface area contributed by atoms with Crippen LogP contribution >= 0.6 is 0 Å². The Morgan fingerprint density at radius 1 is 1.19 bits per heavy atom. The molecule has 1 aliphatic heterocycles. The summed E-state index contributed by atoms with van der Waals surface area (Å²) in [4.78, 5) is 48.8. The minimum atomic E-state index is -0.782. The molecule has 0 atom stereocenters. The van der Waals surface area contributed by atoms with E-state index < -0.39 is 22.8 Å². The van der Waals surface area contributed by atoms with Crippen LogP contribution < -0.4 is 5.32 Å². The number of hydrogen-bond donors (Lipinski definition) is 1. The standard InChI is InChI=1S/C18H19N3O5/c1-11-7-8-12(10-15(11)21(25)26)9-14-16(22)19-18(24)20(17(14)23)13-5-3-2-4-6-13/h7-10,13H,2-6H2,1H3,(H,19,22,24). The summed E-state index contributed by atoms with van der Waals surface area (Å²) >= 11 is 0. The fraction of sp³-hybridized carbons (Fsp3) is 0.389. The first-order valence-electron chi connectivity index (χ1n) is 8.54. The zero-order valence-corrected chi connectivity index (χ0v) is 14.4. The van der Waals surface area contributed by atoms with Gasteiger partial charge in [0.2, 0.25) is 0 Å². The molecule has 1 heterocycles. The number of benzene rings is 1. The van der Waals surface area contributed by atoms with E-state index in [-0.39, 0.29) is 17.3 Å². The van der Waals surface area contributed by atoms with Crippen molar-refractivity contribution in [2.45, 2.75) is 45.1 Å². The first-order chi connectivity index (χ1) is 12.4. The van der Waals surface area contributed by atoms with Crippen molar-refractivity contribution in [3.05, 3.63) is 45.0 Å². The molecule has 26 heavy (non-hydrogen) atoms. The topological polar surface area (TPSA) is 110 Å². The number of barbiturate groups is 1. The van der Waals surface area contributed by atoms with E-state index in [1.54, 1.807) is 19.1 Å². The molecule has 2 fully saturated rings. The number of urea groups is 1. The third kappa shape index (κ3) is 3.35. The van der Waals surface area contributed by atoms with Crippen LogP contribution in [-0.2, 0) is 9.59 Å². The largest absolute Gasteiger partial charge is 0.331 e. The lowest BCUT2D eigenvalue weighted by Gasteiger charge is -2.35. The summed E-state index contributed by atoms with van der Waals surface area (Å²) in [5, 5.41) is 13.3. The van der Waals surface area contributed by atoms with Crippen LogP contribution in [0.1, 0.15) is 43.2 Å². The summed E-state index contributed by atoms with van der Waals surface area (Å²) in [5.41, 5.74) is 0.561. The van der Waals surface area contributed by atoms with Crippen molar-refractivity contribution in [1.82, 2.24) is 10.2 Å². The number of nitro benzene ring substituents is 1. The van der Waals surface area contributed by atoms with Gasteiger partial charge in [0.05, 0.1) is 4.92 Å². The molecule has 0 spiro atoms. The Kier molecular flexibility index (Phi) is 4.83. The van der Waals surface area contributed by atoms with Crippen LogP contribution in [0, 0.1) is 17.0 Å². The van der Waals surface area contributed by atoms with Crippen molar-refractivity contribution >= 4 is 29.6 Å². The molecule has 136 valence electrons. The van der Waals surface area contributed by atoms with Crippen LogP contribution in [0.15, 0.2) is 23.8 Å². The van der Waals surface area contributed by atoms with Crippen LogP contribution in [-0.4, -0.2) is 33.7 Å². The van der Waals surface area contributed by atoms with Gasteiger partial charge in [0.1, 0.15) is 5.57 Å². The Labute approximate surface area is 150 Å². The third-order valence-corrected chi connectivity index (χ3v) is 4.81. The molecular weight excluding hydrogens is 338 g/mol. The Balaban J connectivity index is 1.95. The molecule has 2 aliphatic rings. The monoisotopic (exact) mass is 357 g/mol. The highest BCUT2D eigenvalue weighted by Crippen LogP contribution is 2.27. The zero-order valence-electron chi connectivity index (χ0n) is 14.4. The summed E-state index contributed by atoms with van der Waals surface area (Å²) in [6.45, 7) is 1.61. The van der Waals surface area contributed by atoms with Crippen LogP contribution in [0.2, 0.25) is 0 Å². The van der Waals surface area contributed by atoms with Crippen molar-refractivity contribution < 1.29 is 19.3 Å². The Bertz CT molecular complexity index is 824. The summed E-state index contributed by atoms with van der Waals surface area (Å²) < 4.78 is 0. The molecular formula is C18H19N3O5. The number of nitro groups is 1. The van der Waals surface area contributed by atoms with Gasteiger partial charge in [0.15, 0.2) is 0 Å². The Hall–Kier alpha value is -3.03. The van der Waals surface area contributed by atoms with Gasteiger partial charge in [0.25, 0.3) is 17.5 Å². The molecule has 1 saturated carbocycles. The number of amides is 4. The molecule has 3 rings (SSSR count). The lowest BCUT2D eigenvalue weighted by atomic mass is 9.93. The summed E-state index contributed by atoms with van der Waals surface area (Å²) in [7, 11) is 0. The number of imide groups is 2. The van der Waals surface area contributed by atoms with E-state index in [2.05, 4.69) is 5.32 Å². The molecule has 1 aliphatic carbocycles. The second kappa shape index (κ2) is 7.07. The lowest BCUT2D eigenvalue weighted by molar-refractivity contribution is -0.385. The van der Waals surface area contributed by atoms with E-state index in [1.807, 2.05) is 0 Å². The lowest BCUT2D eigenvalue weighted by Crippen LogP contribution is -2.58. The van der Waals surface area contributed by atoms with Crippen LogP contribution in [0.4, 0.5) is 10.5 Å². The predicted octanol–water partition coefficient (Wildman–Crippen LogP) is 2.70. The summed E-state index contributed by atoms with van der Waals surface area (Å²) in [5.74, 6) is -1.43. The number of carbonyl (C=O) groups excluding carboxylic acids is 3. The molecule has 0 radical (unpaired) electrons. The van der Waals surface area contributed by atoms with Gasteiger partial charge < -0.3 is 0 Å². The molecule has 4 amide bonds. The SMILES string of the molecule is Cc1ccc(C=C2C(=O)NC(=O)N(C3CCCCC3)C2=O)cc1[N+](=O)[O-].